The Morgan fingerprint density at radius 1 is 1.18 bits per heavy atom. The highest BCUT2D eigenvalue weighted by Gasteiger charge is 2.40. The van der Waals surface area contributed by atoms with Crippen molar-refractivity contribution in [3.05, 3.63) is 0 Å². The molecule has 0 heterocycles. The summed E-state index contributed by atoms with van der Waals surface area (Å²) in [5.74, 6) is 0.959. The molecule has 0 aromatic heterocycles. The Kier molecular flexibility index (Phi) is 4.87. The van der Waals surface area contributed by atoms with Gasteiger partial charge in [0, 0.05) is 12.6 Å². The van der Waals surface area contributed by atoms with E-state index in [1.165, 1.54) is 64.2 Å². The number of ether oxygens (including phenoxy) is 1. The topological polar surface area (TPSA) is 35.2 Å². The van der Waals surface area contributed by atoms with Gasteiger partial charge in [0.05, 0.1) is 5.60 Å². The molecule has 2 fully saturated rings. The first-order valence-corrected chi connectivity index (χ1v) is 7.66. The molecule has 100 valence electrons. The van der Waals surface area contributed by atoms with Crippen molar-refractivity contribution < 1.29 is 4.74 Å². The first-order chi connectivity index (χ1) is 8.27. The molecule has 2 saturated carbocycles. The zero-order valence-electron chi connectivity index (χ0n) is 11.4. The predicted octanol–water partition coefficient (Wildman–Crippen LogP) is 3.63. The molecule has 0 aromatic carbocycles. The van der Waals surface area contributed by atoms with E-state index in [0.29, 0.717) is 0 Å². The summed E-state index contributed by atoms with van der Waals surface area (Å²) in [5, 5.41) is 0. The zero-order chi connectivity index (χ0) is 12.1. The van der Waals surface area contributed by atoms with Crippen LogP contribution in [0.4, 0.5) is 0 Å². The van der Waals surface area contributed by atoms with E-state index in [9.17, 15) is 0 Å². The van der Waals surface area contributed by atoms with Gasteiger partial charge in [-0.05, 0) is 38.5 Å². The first kappa shape index (κ1) is 13.4. The fraction of sp³-hybridized carbons (Fsp3) is 1.00. The second-order valence-electron chi connectivity index (χ2n) is 6.04. The van der Waals surface area contributed by atoms with E-state index in [0.717, 1.165) is 12.5 Å². The van der Waals surface area contributed by atoms with Crippen LogP contribution in [0.2, 0.25) is 0 Å². The number of nitrogens with two attached hydrogens (primary N) is 1. The lowest BCUT2D eigenvalue weighted by Crippen LogP contribution is -2.48. The smallest absolute Gasteiger partial charge is 0.0832 e. The van der Waals surface area contributed by atoms with Gasteiger partial charge in [-0.1, -0.05) is 38.5 Å². The Hall–Kier alpha value is -0.0800. The highest BCUT2D eigenvalue weighted by Crippen LogP contribution is 2.38. The fourth-order valence-electron chi connectivity index (χ4n) is 3.86. The normalized spacial score (nSPS) is 26.5. The van der Waals surface area contributed by atoms with Gasteiger partial charge in [-0.25, -0.2) is 0 Å². The maximum atomic E-state index is 6.45. The van der Waals surface area contributed by atoms with E-state index in [1.807, 2.05) is 0 Å². The molecule has 1 atom stereocenters. The third-order valence-corrected chi connectivity index (χ3v) is 4.92. The maximum absolute atomic E-state index is 6.45. The molecule has 0 amide bonds. The largest absolute Gasteiger partial charge is 0.374 e. The molecule has 0 saturated heterocycles. The van der Waals surface area contributed by atoms with Crippen LogP contribution in [0.5, 0.6) is 0 Å². The highest BCUT2D eigenvalue weighted by atomic mass is 16.5. The van der Waals surface area contributed by atoms with E-state index >= 15 is 0 Å². The van der Waals surface area contributed by atoms with Crippen molar-refractivity contribution >= 4 is 0 Å². The predicted molar refractivity (Wildman–Crippen MR) is 72.0 cm³/mol. The van der Waals surface area contributed by atoms with Crippen LogP contribution in [0.3, 0.4) is 0 Å². The van der Waals surface area contributed by atoms with E-state index < -0.39 is 0 Å². The standard InChI is InChI=1S/C15H29NO/c1-2-17-15(11-5-6-12-15)14(16)10-9-13-7-3-4-8-13/h13-14H,2-12,16H2,1H3. The summed E-state index contributed by atoms with van der Waals surface area (Å²) < 4.78 is 6.04. The van der Waals surface area contributed by atoms with Gasteiger partial charge in [0.2, 0.25) is 0 Å². The minimum absolute atomic E-state index is 0.0351. The average molecular weight is 239 g/mol. The lowest BCUT2D eigenvalue weighted by molar-refractivity contribution is -0.0552. The maximum Gasteiger partial charge on any atom is 0.0832 e. The minimum Gasteiger partial charge on any atom is -0.374 e. The average Bonchev–Trinajstić information content (AvgIpc) is 2.97. The van der Waals surface area contributed by atoms with Crippen LogP contribution in [-0.4, -0.2) is 18.2 Å². The van der Waals surface area contributed by atoms with Crippen LogP contribution < -0.4 is 5.73 Å². The molecule has 2 N–H and O–H groups in total. The molecule has 2 aliphatic rings. The third kappa shape index (κ3) is 3.23. The quantitative estimate of drug-likeness (QED) is 0.768. The van der Waals surface area contributed by atoms with E-state index in [4.69, 9.17) is 10.5 Å². The molecule has 0 radical (unpaired) electrons. The third-order valence-electron chi connectivity index (χ3n) is 4.92. The molecular formula is C15H29NO. The van der Waals surface area contributed by atoms with Gasteiger partial charge in [-0.2, -0.15) is 0 Å². The minimum atomic E-state index is 0.0351. The molecule has 17 heavy (non-hydrogen) atoms. The number of hydrogen-bond acceptors (Lipinski definition) is 2. The first-order valence-electron chi connectivity index (χ1n) is 7.66. The van der Waals surface area contributed by atoms with Crippen molar-refractivity contribution in [2.45, 2.75) is 82.8 Å². The van der Waals surface area contributed by atoms with Crippen LogP contribution in [0.15, 0.2) is 0 Å². The van der Waals surface area contributed by atoms with Crippen LogP contribution >= 0.6 is 0 Å². The van der Waals surface area contributed by atoms with Crippen LogP contribution in [0, 0.1) is 5.92 Å². The van der Waals surface area contributed by atoms with Gasteiger partial charge < -0.3 is 10.5 Å². The Morgan fingerprint density at radius 2 is 1.82 bits per heavy atom. The molecule has 0 aromatic rings. The molecule has 2 heteroatoms. The Bertz CT molecular complexity index is 217. The molecular weight excluding hydrogens is 210 g/mol. The van der Waals surface area contributed by atoms with Gasteiger partial charge in [0.25, 0.3) is 0 Å². The van der Waals surface area contributed by atoms with Crippen molar-refractivity contribution in [1.29, 1.82) is 0 Å². The zero-order valence-corrected chi connectivity index (χ0v) is 11.4. The van der Waals surface area contributed by atoms with Gasteiger partial charge in [-0.3, -0.25) is 0 Å². The van der Waals surface area contributed by atoms with Crippen LogP contribution in [0.25, 0.3) is 0 Å². The Labute approximate surface area is 106 Å². The summed E-state index contributed by atoms with van der Waals surface area (Å²) in [6.07, 6.45) is 13.2. The second kappa shape index (κ2) is 6.19. The van der Waals surface area contributed by atoms with Gasteiger partial charge in [0.1, 0.15) is 0 Å². The SMILES string of the molecule is CCOC1(C(N)CCC2CCCC2)CCCC1. The van der Waals surface area contributed by atoms with Gasteiger partial charge in [-0.15, -0.1) is 0 Å². The van der Waals surface area contributed by atoms with Gasteiger partial charge in [0.15, 0.2) is 0 Å². The van der Waals surface area contributed by atoms with E-state index in [-0.39, 0.29) is 11.6 Å². The monoisotopic (exact) mass is 239 g/mol. The van der Waals surface area contributed by atoms with Crippen LogP contribution in [-0.2, 0) is 4.74 Å². The molecule has 0 bridgehead atoms. The Balaban J connectivity index is 1.81. The van der Waals surface area contributed by atoms with Crippen molar-refractivity contribution in [2.75, 3.05) is 6.61 Å². The van der Waals surface area contributed by atoms with Crippen molar-refractivity contribution in [3.8, 4) is 0 Å². The summed E-state index contributed by atoms with van der Waals surface area (Å²) in [6.45, 7) is 2.92. The molecule has 2 nitrogen and oxygen atoms in total. The second-order valence-corrected chi connectivity index (χ2v) is 6.04. The van der Waals surface area contributed by atoms with Crippen LogP contribution in [0.1, 0.15) is 71.1 Å². The van der Waals surface area contributed by atoms with Crippen molar-refractivity contribution in [1.82, 2.24) is 0 Å². The molecule has 0 spiro atoms. The van der Waals surface area contributed by atoms with E-state index in [1.54, 1.807) is 0 Å². The Morgan fingerprint density at radius 3 is 2.41 bits per heavy atom. The summed E-state index contributed by atoms with van der Waals surface area (Å²) in [6, 6.07) is 0.269. The lowest BCUT2D eigenvalue weighted by atomic mass is 9.86. The summed E-state index contributed by atoms with van der Waals surface area (Å²) in [4.78, 5) is 0. The lowest BCUT2D eigenvalue weighted by Gasteiger charge is -2.35. The van der Waals surface area contributed by atoms with Crippen molar-refractivity contribution in [2.24, 2.45) is 11.7 Å². The van der Waals surface area contributed by atoms with Gasteiger partial charge >= 0.3 is 0 Å². The molecule has 0 aliphatic heterocycles. The number of rotatable bonds is 6. The fourth-order valence-corrected chi connectivity index (χ4v) is 3.86. The number of hydrogen-bond donors (Lipinski definition) is 1. The van der Waals surface area contributed by atoms with E-state index in [2.05, 4.69) is 6.92 Å². The summed E-state index contributed by atoms with van der Waals surface area (Å²) >= 11 is 0. The molecule has 2 rings (SSSR count). The summed E-state index contributed by atoms with van der Waals surface area (Å²) in [7, 11) is 0. The van der Waals surface area contributed by atoms with Crippen molar-refractivity contribution in [3.63, 3.8) is 0 Å². The molecule has 2 aliphatic carbocycles. The summed E-state index contributed by atoms with van der Waals surface area (Å²) in [5.41, 5.74) is 6.49. The highest BCUT2D eigenvalue weighted by molar-refractivity contribution is 4.95. The molecule has 1 unspecified atom stereocenters.